The minimum Gasteiger partial charge on any atom is -0.309 e. The molecule has 1 aromatic carbocycles. The molecule has 0 bridgehead atoms. The molecule has 3 aromatic heterocycles. The van der Waals surface area contributed by atoms with Crippen molar-refractivity contribution in [2.45, 2.75) is 13.5 Å². The Morgan fingerprint density at radius 3 is 2.86 bits per heavy atom. The van der Waals surface area contributed by atoms with Gasteiger partial charge in [0.25, 0.3) is 0 Å². The first-order valence-electron chi connectivity index (χ1n) is 8.93. The number of benzene rings is 1. The number of amides is 1. The van der Waals surface area contributed by atoms with E-state index in [-0.39, 0.29) is 12.5 Å². The Bertz CT molecular complexity index is 1200. The molecule has 0 aliphatic rings. The van der Waals surface area contributed by atoms with Gasteiger partial charge < -0.3 is 5.32 Å². The highest BCUT2D eigenvalue weighted by atomic mass is 16.2. The van der Waals surface area contributed by atoms with Gasteiger partial charge in [0.1, 0.15) is 12.4 Å². The van der Waals surface area contributed by atoms with Crippen LogP contribution in [0, 0.1) is 18.3 Å². The SMILES string of the molecule is Cc1cc(NC(=O)Cn2cc(-c3cccc(C#N)c3)cn2)n(-c2ccccn2)n1. The maximum Gasteiger partial charge on any atom is 0.247 e. The summed E-state index contributed by atoms with van der Waals surface area (Å²) in [6.45, 7) is 1.90. The Morgan fingerprint density at radius 1 is 1.17 bits per heavy atom. The summed E-state index contributed by atoms with van der Waals surface area (Å²) < 4.78 is 3.15. The van der Waals surface area contributed by atoms with Gasteiger partial charge in [0.2, 0.25) is 5.91 Å². The van der Waals surface area contributed by atoms with E-state index in [0.29, 0.717) is 17.2 Å². The highest BCUT2D eigenvalue weighted by Gasteiger charge is 2.13. The average Bonchev–Trinajstić information content (AvgIpc) is 3.35. The molecule has 1 amide bonds. The zero-order valence-electron chi connectivity index (χ0n) is 15.6. The number of aromatic nitrogens is 5. The number of carbonyl (C=O) groups is 1. The van der Waals surface area contributed by atoms with Crippen LogP contribution in [-0.2, 0) is 11.3 Å². The number of hydrogen-bond acceptors (Lipinski definition) is 5. The largest absolute Gasteiger partial charge is 0.309 e. The molecule has 142 valence electrons. The van der Waals surface area contributed by atoms with Crippen LogP contribution in [0.3, 0.4) is 0 Å². The van der Waals surface area contributed by atoms with Crippen molar-refractivity contribution in [2.75, 3.05) is 5.32 Å². The van der Waals surface area contributed by atoms with Crippen molar-refractivity contribution in [3.8, 4) is 23.0 Å². The van der Waals surface area contributed by atoms with E-state index in [1.165, 1.54) is 0 Å². The number of nitrogens with zero attached hydrogens (tertiary/aromatic N) is 6. The smallest absolute Gasteiger partial charge is 0.247 e. The fraction of sp³-hybridized carbons (Fsp3) is 0.0952. The van der Waals surface area contributed by atoms with Gasteiger partial charge in [0.15, 0.2) is 5.82 Å². The Balaban J connectivity index is 1.49. The van der Waals surface area contributed by atoms with Crippen molar-refractivity contribution >= 4 is 11.7 Å². The minimum absolute atomic E-state index is 0.0460. The number of anilines is 1. The van der Waals surface area contributed by atoms with Gasteiger partial charge in [0, 0.05) is 24.0 Å². The van der Waals surface area contributed by atoms with E-state index < -0.39 is 0 Å². The molecule has 0 radical (unpaired) electrons. The predicted octanol–water partition coefficient (Wildman–Crippen LogP) is 2.95. The summed E-state index contributed by atoms with van der Waals surface area (Å²) in [6, 6.07) is 16.6. The predicted molar refractivity (Wildman–Crippen MR) is 107 cm³/mol. The van der Waals surface area contributed by atoms with Gasteiger partial charge in [-0.25, -0.2) is 4.98 Å². The molecule has 0 fully saturated rings. The van der Waals surface area contributed by atoms with Crippen molar-refractivity contribution in [1.82, 2.24) is 24.5 Å². The topological polar surface area (TPSA) is 101 Å². The number of hydrogen-bond donors (Lipinski definition) is 1. The van der Waals surface area contributed by atoms with Crippen molar-refractivity contribution in [2.24, 2.45) is 0 Å². The third kappa shape index (κ3) is 4.04. The molecule has 0 spiro atoms. The third-order valence-corrected chi connectivity index (χ3v) is 4.23. The van der Waals surface area contributed by atoms with Gasteiger partial charge in [0.05, 0.1) is 23.5 Å². The molecule has 0 saturated carbocycles. The van der Waals surface area contributed by atoms with Crippen LogP contribution < -0.4 is 5.32 Å². The van der Waals surface area contributed by atoms with E-state index in [4.69, 9.17) is 5.26 Å². The maximum atomic E-state index is 12.5. The van der Waals surface area contributed by atoms with Crippen LogP contribution in [0.25, 0.3) is 16.9 Å². The number of nitrogens with one attached hydrogen (secondary N) is 1. The highest BCUT2D eigenvalue weighted by Crippen LogP contribution is 2.20. The first kappa shape index (κ1) is 18.1. The first-order valence-corrected chi connectivity index (χ1v) is 8.93. The lowest BCUT2D eigenvalue weighted by atomic mass is 10.1. The summed E-state index contributed by atoms with van der Waals surface area (Å²) in [5, 5.41) is 20.6. The van der Waals surface area contributed by atoms with Crippen LogP contribution in [0.4, 0.5) is 5.82 Å². The lowest BCUT2D eigenvalue weighted by Crippen LogP contribution is -2.21. The molecule has 0 aliphatic carbocycles. The second kappa shape index (κ2) is 7.78. The van der Waals surface area contributed by atoms with E-state index >= 15 is 0 Å². The molecule has 0 unspecified atom stereocenters. The number of pyridine rings is 1. The molecule has 4 aromatic rings. The van der Waals surface area contributed by atoms with Gasteiger partial charge in [-0.3, -0.25) is 9.48 Å². The number of carbonyl (C=O) groups excluding carboxylic acids is 1. The summed E-state index contributed by atoms with van der Waals surface area (Å²) in [4.78, 5) is 16.8. The van der Waals surface area contributed by atoms with E-state index in [2.05, 4.69) is 26.6 Å². The van der Waals surface area contributed by atoms with Crippen molar-refractivity contribution in [1.29, 1.82) is 5.26 Å². The van der Waals surface area contributed by atoms with Crippen LogP contribution in [0.15, 0.2) is 67.1 Å². The summed E-state index contributed by atoms with van der Waals surface area (Å²) in [5.74, 6) is 0.928. The van der Waals surface area contributed by atoms with Gasteiger partial charge in [-0.05, 0) is 36.8 Å². The standard InChI is InChI=1S/C21H17N7O/c1-15-9-20(28(26-15)19-7-2-3-8-23-19)25-21(29)14-27-13-18(12-24-27)17-6-4-5-16(10-17)11-22/h2-10,12-13H,14H2,1H3,(H,25,29). The molecule has 0 aliphatic heterocycles. The zero-order valence-corrected chi connectivity index (χ0v) is 15.6. The number of aryl methyl sites for hydroxylation is 1. The quantitative estimate of drug-likeness (QED) is 0.571. The van der Waals surface area contributed by atoms with E-state index in [1.54, 1.807) is 46.2 Å². The molecular weight excluding hydrogens is 366 g/mol. The fourth-order valence-corrected chi connectivity index (χ4v) is 2.94. The maximum absolute atomic E-state index is 12.5. The zero-order chi connectivity index (χ0) is 20.2. The summed E-state index contributed by atoms with van der Waals surface area (Å²) in [6.07, 6.45) is 5.12. The normalized spacial score (nSPS) is 10.5. The molecule has 0 saturated heterocycles. The molecule has 8 nitrogen and oxygen atoms in total. The Hall–Kier alpha value is -4.25. The molecule has 0 atom stereocenters. The monoisotopic (exact) mass is 383 g/mol. The van der Waals surface area contributed by atoms with Crippen LogP contribution in [0.1, 0.15) is 11.3 Å². The van der Waals surface area contributed by atoms with Crippen molar-refractivity contribution < 1.29 is 4.79 Å². The first-order chi connectivity index (χ1) is 14.1. The summed E-state index contributed by atoms with van der Waals surface area (Å²) >= 11 is 0. The number of nitriles is 1. The lowest BCUT2D eigenvalue weighted by molar-refractivity contribution is -0.116. The molecule has 8 heteroatoms. The molecular formula is C21H17N7O. The molecule has 29 heavy (non-hydrogen) atoms. The average molecular weight is 383 g/mol. The minimum atomic E-state index is -0.234. The van der Waals surface area contributed by atoms with E-state index in [1.807, 2.05) is 37.3 Å². The van der Waals surface area contributed by atoms with Crippen LogP contribution in [0.5, 0.6) is 0 Å². The third-order valence-electron chi connectivity index (χ3n) is 4.23. The number of rotatable bonds is 5. The Morgan fingerprint density at radius 2 is 2.07 bits per heavy atom. The van der Waals surface area contributed by atoms with Gasteiger partial charge in [-0.15, -0.1) is 0 Å². The lowest BCUT2D eigenvalue weighted by Gasteiger charge is -2.08. The van der Waals surface area contributed by atoms with E-state index in [9.17, 15) is 4.79 Å². The molecule has 1 N–H and O–H groups in total. The van der Waals surface area contributed by atoms with Crippen molar-refractivity contribution in [3.63, 3.8) is 0 Å². The molecule has 3 heterocycles. The van der Waals surface area contributed by atoms with Gasteiger partial charge in [-0.2, -0.15) is 20.1 Å². The second-order valence-corrected chi connectivity index (χ2v) is 6.44. The van der Waals surface area contributed by atoms with Gasteiger partial charge in [-0.1, -0.05) is 18.2 Å². The fourth-order valence-electron chi connectivity index (χ4n) is 2.94. The Labute approximate surface area is 167 Å². The van der Waals surface area contributed by atoms with Crippen molar-refractivity contribution in [3.05, 3.63) is 78.4 Å². The van der Waals surface area contributed by atoms with Crippen LogP contribution >= 0.6 is 0 Å². The molecule has 4 rings (SSSR count). The Kier molecular flexibility index (Phi) is 4.86. The van der Waals surface area contributed by atoms with E-state index in [0.717, 1.165) is 16.8 Å². The second-order valence-electron chi connectivity index (χ2n) is 6.44. The van der Waals surface area contributed by atoms with Gasteiger partial charge >= 0.3 is 0 Å². The summed E-state index contributed by atoms with van der Waals surface area (Å²) in [5.41, 5.74) is 3.06. The van der Waals surface area contributed by atoms with Crippen LogP contribution in [0.2, 0.25) is 0 Å². The summed E-state index contributed by atoms with van der Waals surface area (Å²) in [7, 11) is 0. The van der Waals surface area contributed by atoms with Crippen LogP contribution in [-0.4, -0.2) is 30.5 Å². The highest BCUT2D eigenvalue weighted by molar-refractivity contribution is 5.90.